The zero-order valence-electron chi connectivity index (χ0n) is 15.3. The molecule has 1 aliphatic rings. The molecule has 2 aromatic rings. The van der Waals surface area contributed by atoms with E-state index in [0.29, 0.717) is 24.1 Å². The van der Waals surface area contributed by atoms with Gasteiger partial charge in [0.15, 0.2) is 0 Å². The van der Waals surface area contributed by atoms with Gasteiger partial charge in [-0.2, -0.15) is 23.4 Å². The fourth-order valence-electron chi connectivity index (χ4n) is 3.21. The minimum atomic E-state index is -4.48. The molecular formula is C19H18ClF3N2O4. The standard InChI is InChI=1S/C19H17F3N2O4.ClH/c1-10-5-15-13(16(6-10)28-18(27)9-17(25)26)8-14(23-24-15)11-3-2-4-12(7-11)19(20,21)22;/h2-4,7-8,10,16H,5-6,9H2,1H3,(H,25,26);1H. The van der Waals surface area contributed by atoms with Gasteiger partial charge in [-0.15, -0.1) is 12.4 Å². The third-order valence-electron chi connectivity index (χ3n) is 4.46. The number of carboxylic acids is 1. The number of halogens is 4. The van der Waals surface area contributed by atoms with Gasteiger partial charge in [-0.3, -0.25) is 9.59 Å². The molecule has 0 fully saturated rings. The SMILES string of the molecule is CC1Cc2nnc(-c3cccc(C(F)(F)F)c3)cc2C(OC(=O)CC(=O)O)C1.Cl. The molecule has 3 rings (SSSR count). The lowest BCUT2D eigenvalue weighted by Crippen LogP contribution is -2.24. The molecule has 1 aromatic heterocycles. The van der Waals surface area contributed by atoms with Crippen molar-refractivity contribution in [2.75, 3.05) is 0 Å². The molecule has 2 atom stereocenters. The van der Waals surface area contributed by atoms with Crippen molar-refractivity contribution in [1.29, 1.82) is 0 Å². The Balaban J connectivity index is 0.00000300. The number of hydrogen-bond acceptors (Lipinski definition) is 5. The lowest BCUT2D eigenvalue weighted by atomic mass is 9.85. The van der Waals surface area contributed by atoms with Crippen molar-refractivity contribution >= 4 is 24.3 Å². The lowest BCUT2D eigenvalue weighted by Gasteiger charge is -2.28. The highest BCUT2D eigenvalue weighted by atomic mass is 35.5. The van der Waals surface area contributed by atoms with Crippen LogP contribution in [-0.2, 0) is 26.9 Å². The van der Waals surface area contributed by atoms with Crippen LogP contribution in [0.5, 0.6) is 0 Å². The first-order valence-electron chi connectivity index (χ1n) is 8.59. The van der Waals surface area contributed by atoms with Crippen molar-refractivity contribution in [1.82, 2.24) is 10.2 Å². The molecule has 0 aliphatic heterocycles. The maximum Gasteiger partial charge on any atom is 0.416 e. The van der Waals surface area contributed by atoms with Gasteiger partial charge in [0.25, 0.3) is 0 Å². The second-order valence-corrected chi connectivity index (χ2v) is 6.80. The molecular weight excluding hydrogens is 413 g/mol. The van der Waals surface area contributed by atoms with Crippen LogP contribution in [0.25, 0.3) is 11.3 Å². The van der Waals surface area contributed by atoms with Crippen LogP contribution in [0.15, 0.2) is 30.3 Å². The van der Waals surface area contributed by atoms with Gasteiger partial charge in [0, 0.05) is 11.1 Å². The van der Waals surface area contributed by atoms with Crippen LogP contribution < -0.4 is 0 Å². The van der Waals surface area contributed by atoms with Gasteiger partial charge in [-0.05, 0) is 37.0 Å². The van der Waals surface area contributed by atoms with Crippen LogP contribution in [0, 0.1) is 5.92 Å². The van der Waals surface area contributed by atoms with E-state index < -0.39 is 36.2 Å². The summed E-state index contributed by atoms with van der Waals surface area (Å²) in [5.74, 6) is -2.05. The number of carbonyl (C=O) groups is 2. The quantitative estimate of drug-likeness (QED) is 0.577. The second kappa shape index (κ2) is 8.77. The fraction of sp³-hybridized carbons (Fsp3) is 0.368. The van der Waals surface area contributed by atoms with Crippen molar-refractivity contribution in [2.45, 2.75) is 38.5 Å². The van der Waals surface area contributed by atoms with Crippen LogP contribution >= 0.6 is 12.4 Å². The molecule has 29 heavy (non-hydrogen) atoms. The molecule has 1 heterocycles. The predicted octanol–water partition coefficient (Wildman–Crippen LogP) is 4.23. The van der Waals surface area contributed by atoms with Gasteiger partial charge in [-0.1, -0.05) is 19.1 Å². The monoisotopic (exact) mass is 430 g/mol. The Morgan fingerprint density at radius 1 is 1.24 bits per heavy atom. The van der Waals surface area contributed by atoms with Crippen molar-refractivity contribution in [3.63, 3.8) is 0 Å². The zero-order chi connectivity index (χ0) is 20.5. The molecule has 0 amide bonds. The second-order valence-electron chi connectivity index (χ2n) is 6.80. The molecule has 10 heteroatoms. The topological polar surface area (TPSA) is 89.4 Å². The average molecular weight is 431 g/mol. The summed E-state index contributed by atoms with van der Waals surface area (Å²) in [6.45, 7) is 1.93. The summed E-state index contributed by atoms with van der Waals surface area (Å²) in [4.78, 5) is 22.5. The Morgan fingerprint density at radius 3 is 2.62 bits per heavy atom. The fourth-order valence-corrected chi connectivity index (χ4v) is 3.21. The van der Waals surface area contributed by atoms with Crippen molar-refractivity contribution in [2.24, 2.45) is 5.92 Å². The van der Waals surface area contributed by atoms with E-state index in [-0.39, 0.29) is 29.6 Å². The van der Waals surface area contributed by atoms with E-state index in [2.05, 4.69) is 10.2 Å². The number of carboxylic acid groups (broad SMARTS) is 1. The van der Waals surface area contributed by atoms with Crippen LogP contribution in [-0.4, -0.2) is 27.2 Å². The Morgan fingerprint density at radius 2 is 1.97 bits per heavy atom. The minimum Gasteiger partial charge on any atom is -0.481 e. The first kappa shape index (κ1) is 22.6. The van der Waals surface area contributed by atoms with Gasteiger partial charge in [0.2, 0.25) is 0 Å². The van der Waals surface area contributed by atoms with E-state index in [1.54, 1.807) is 6.07 Å². The summed E-state index contributed by atoms with van der Waals surface area (Å²) in [5.41, 5.74) is 0.780. The van der Waals surface area contributed by atoms with E-state index in [4.69, 9.17) is 9.84 Å². The van der Waals surface area contributed by atoms with E-state index in [1.165, 1.54) is 12.1 Å². The minimum absolute atomic E-state index is 0. The number of aliphatic carboxylic acids is 1. The number of benzene rings is 1. The van der Waals surface area contributed by atoms with Gasteiger partial charge in [0.1, 0.15) is 12.5 Å². The molecule has 0 saturated carbocycles. The lowest BCUT2D eigenvalue weighted by molar-refractivity contribution is -0.156. The predicted molar refractivity (Wildman–Crippen MR) is 98.3 cm³/mol. The third kappa shape index (κ3) is 5.44. The largest absolute Gasteiger partial charge is 0.481 e. The number of carbonyl (C=O) groups excluding carboxylic acids is 1. The van der Waals surface area contributed by atoms with Gasteiger partial charge in [-0.25, -0.2) is 0 Å². The molecule has 0 radical (unpaired) electrons. The van der Waals surface area contributed by atoms with E-state index >= 15 is 0 Å². The zero-order valence-corrected chi connectivity index (χ0v) is 16.1. The summed E-state index contributed by atoms with van der Waals surface area (Å²) in [6, 6.07) is 6.28. The average Bonchev–Trinajstić information content (AvgIpc) is 2.60. The molecule has 6 nitrogen and oxygen atoms in total. The normalized spacial score (nSPS) is 18.3. The number of alkyl halides is 3. The Labute approximate surface area is 170 Å². The Bertz CT molecular complexity index is 921. The summed E-state index contributed by atoms with van der Waals surface area (Å²) in [6.07, 6.45) is -4.92. The summed E-state index contributed by atoms with van der Waals surface area (Å²) in [5, 5.41) is 16.9. The van der Waals surface area contributed by atoms with Crippen LogP contribution in [0.1, 0.15) is 42.7 Å². The van der Waals surface area contributed by atoms with E-state index in [9.17, 15) is 22.8 Å². The number of aromatic nitrogens is 2. The van der Waals surface area contributed by atoms with Crippen LogP contribution in [0.3, 0.4) is 0 Å². The van der Waals surface area contributed by atoms with Crippen LogP contribution in [0.4, 0.5) is 13.2 Å². The first-order chi connectivity index (χ1) is 13.1. The molecule has 1 aromatic carbocycles. The first-order valence-corrected chi connectivity index (χ1v) is 8.59. The molecule has 2 unspecified atom stereocenters. The smallest absolute Gasteiger partial charge is 0.416 e. The molecule has 1 N–H and O–H groups in total. The summed E-state index contributed by atoms with van der Waals surface area (Å²) >= 11 is 0. The van der Waals surface area contributed by atoms with E-state index in [0.717, 1.165) is 12.1 Å². The maximum absolute atomic E-state index is 13.0. The van der Waals surface area contributed by atoms with Gasteiger partial charge < -0.3 is 9.84 Å². The van der Waals surface area contributed by atoms with Crippen molar-refractivity contribution in [3.8, 4) is 11.3 Å². The van der Waals surface area contributed by atoms with Gasteiger partial charge in [0.05, 0.1) is 17.0 Å². The van der Waals surface area contributed by atoms with Crippen LogP contribution in [0.2, 0.25) is 0 Å². The number of fused-ring (bicyclic) bond motifs is 1. The summed E-state index contributed by atoms with van der Waals surface area (Å²) < 4.78 is 44.2. The number of hydrogen-bond donors (Lipinski definition) is 1. The molecule has 0 saturated heterocycles. The van der Waals surface area contributed by atoms with Gasteiger partial charge >= 0.3 is 18.1 Å². The Kier molecular flexibility index (Phi) is 6.84. The highest BCUT2D eigenvalue weighted by Crippen LogP contribution is 2.37. The third-order valence-corrected chi connectivity index (χ3v) is 4.46. The Hall–Kier alpha value is -2.68. The number of rotatable bonds is 4. The highest BCUT2D eigenvalue weighted by molar-refractivity contribution is 5.90. The van der Waals surface area contributed by atoms with Crippen molar-refractivity contribution < 1.29 is 32.6 Å². The maximum atomic E-state index is 13.0. The molecule has 0 bridgehead atoms. The van der Waals surface area contributed by atoms with Crippen molar-refractivity contribution in [3.05, 3.63) is 47.2 Å². The molecule has 156 valence electrons. The number of ether oxygens (including phenoxy) is 1. The van der Waals surface area contributed by atoms with E-state index in [1.807, 2.05) is 6.92 Å². The number of esters is 1. The molecule has 1 aliphatic carbocycles. The number of nitrogens with zero attached hydrogens (tertiary/aromatic N) is 2. The summed E-state index contributed by atoms with van der Waals surface area (Å²) in [7, 11) is 0. The highest BCUT2D eigenvalue weighted by Gasteiger charge is 2.32. The molecule has 0 spiro atoms.